The van der Waals surface area contributed by atoms with Crippen molar-refractivity contribution in [3.8, 4) is 5.75 Å². The lowest BCUT2D eigenvalue weighted by Gasteiger charge is -2.26. The first kappa shape index (κ1) is 20.4. The summed E-state index contributed by atoms with van der Waals surface area (Å²) in [7, 11) is 1.51. The molecule has 9 heteroatoms. The number of nitrogens with one attached hydrogen (secondary N) is 1. The number of rotatable bonds is 6. The van der Waals surface area contributed by atoms with Gasteiger partial charge in [-0.15, -0.1) is 5.10 Å². The Kier molecular flexibility index (Phi) is 5.57. The van der Waals surface area contributed by atoms with Gasteiger partial charge in [-0.25, -0.2) is 9.48 Å². The first-order chi connectivity index (χ1) is 15.0. The van der Waals surface area contributed by atoms with Crippen LogP contribution in [0.5, 0.6) is 5.75 Å². The summed E-state index contributed by atoms with van der Waals surface area (Å²) in [5, 5.41) is 6.86. The zero-order valence-corrected chi connectivity index (χ0v) is 17.4. The smallest absolute Gasteiger partial charge is 0.346 e. The lowest BCUT2D eigenvalue weighted by atomic mass is 10.1. The largest absolute Gasteiger partial charge is 0.495 e. The number of nitrogens with zero attached hydrogens (tertiary/aromatic N) is 4. The number of fused-ring (bicyclic) bond motifs is 1. The van der Waals surface area contributed by atoms with Crippen LogP contribution in [0, 0.1) is 6.92 Å². The lowest BCUT2D eigenvalue weighted by molar-refractivity contribution is -0.117. The molecule has 31 heavy (non-hydrogen) atoms. The molecule has 1 aliphatic rings. The van der Waals surface area contributed by atoms with Gasteiger partial charge in [0.25, 0.3) is 5.91 Å². The average Bonchev–Trinajstić information content (AvgIpc) is 3.06. The van der Waals surface area contributed by atoms with Crippen LogP contribution in [0.1, 0.15) is 21.7 Å². The number of amides is 2. The van der Waals surface area contributed by atoms with Crippen LogP contribution in [0.2, 0.25) is 0 Å². The molecule has 4 rings (SSSR count). The van der Waals surface area contributed by atoms with Gasteiger partial charge in [0.15, 0.2) is 0 Å². The van der Waals surface area contributed by atoms with Gasteiger partial charge in [-0.1, -0.05) is 42.0 Å². The van der Waals surface area contributed by atoms with Crippen molar-refractivity contribution in [2.24, 2.45) is 0 Å². The Morgan fingerprint density at radius 1 is 1.13 bits per heavy atom. The third kappa shape index (κ3) is 4.20. The molecule has 1 aliphatic heterocycles. The monoisotopic (exact) mass is 421 g/mol. The van der Waals surface area contributed by atoms with E-state index in [9.17, 15) is 14.4 Å². The third-order valence-electron chi connectivity index (χ3n) is 5.13. The number of anilines is 1. The summed E-state index contributed by atoms with van der Waals surface area (Å²) in [4.78, 5) is 39.7. The Morgan fingerprint density at radius 2 is 1.94 bits per heavy atom. The minimum absolute atomic E-state index is 0.0500. The summed E-state index contributed by atoms with van der Waals surface area (Å²) in [5.41, 5.74) is 2.14. The van der Waals surface area contributed by atoms with Gasteiger partial charge in [-0.05, 0) is 24.6 Å². The highest BCUT2D eigenvalue weighted by Crippen LogP contribution is 2.22. The molecule has 160 valence electrons. The highest BCUT2D eigenvalue weighted by Gasteiger charge is 2.30. The summed E-state index contributed by atoms with van der Waals surface area (Å²) in [6.07, 6.45) is 0. The van der Waals surface area contributed by atoms with E-state index in [1.54, 1.807) is 29.2 Å². The minimum Gasteiger partial charge on any atom is -0.495 e. The molecular weight excluding hydrogens is 398 g/mol. The van der Waals surface area contributed by atoms with Crippen LogP contribution >= 0.6 is 0 Å². The molecule has 0 radical (unpaired) electrons. The zero-order valence-electron chi connectivity index (χ0n) is 17.4. The van der Waals surface area contributed by atoms with E-state index in [0.29, 0.717) is 31.1 Å². The number of ether oxygens (including phenoxy) is 1. The van der Waals surface area contributed by atoms with Crippen molar-refractivity contribution in [2.75, 3.05) is 19.0 Å². The van der Waals surface area contributed by atoms with E-state index in [1.807, 2.05) is 31.2 Å². The van der Waals surface area contributed by atoms with Crippen molar-refractivity contribution < 1.29 is 14.3 Å². The second kappa shape index (κ2) is 8.47. The van der Waals surface area contributed by atoms with Crippen LogP contribution in [-0.2, 0) is 24.4 Å². The quantitative estimate of drug-likeness (QED) is 0.653. The number of hydrogen-bond acceptors (Lipinski definition) is 5. The number of hydrogen-bond donors (Lipinski definition) is 1. The van der Waals surface area contributed by atoms with Crippen molar-refractivity contribution in [3.63, 3.8) is 0 Å². The lowest BCUT2D eigenvalue weighted by Crippen LogP contribution is -2.42. The predicted molar refractivity (Wildman–Crippen MR) is 114 cm³/mol. The molecular formula is C22H23N5O4. The van der Waals surface area contributed by atoms with Gasteiger partial charge in [-0.2, -0.15) is 0 Å². The molecule has 0 unspecified atom stereocenters. The van der Waals surface area contributed by atoms with E-state index in [2.05, 4.69) is 10.4 Å². The van der Waals surface area contributed by atoms with E-state index >= 15 is 0 Å². The minimum atomic E-state index is -0.478. The zero-order chi connectivity index (χ0) is 22.0. The maximum absolute atomic E-state index is 12.9. The molecule has 2 amide bonds. The van der Waals surface area contributed by atoms with Gasteiger partial charge < -0.3 is 15.0 Å². The number of carbonyl (C=O) groups excluding carboxylic acids is 2. The van der Waals surface area contributed by atoms with Gasteiger partial charge in [0.05, 0.1) is 12.8 Å². The number of para-hydroxylation sites is 2. The fraction of sp³-hybridized carbons (Fsp3) is 0.273. The van der Waals surface area contributed by atoms with Crippen molar-refractivity contribution >= 4 is 17.5 Å². The van der Waals surface area contributed by atoms with E-state index in [0.717, 1.165) is 15.8 Å². The maximum Gasteiger partial charge on any atom is 0.346 e. The highest BCUT2D eigenvalue weighted by atomic mass is 16.5. The van der Waals surface area contributed by atoms with Crippen LogP contribution in [0.4, 0.5) is 5.69 Å². The standard InChI is InChI=1S/C22H23N5O4/c1-15-6-5-7-16(12-15)13-25-10-11-26-20(21(25)29)24-27(22(26)30)14-19(28)23-17-8-3-4-9-18(17)31-2/h3-9,12H,10-11,13-14H2,1-2H3,(H,23,28). The molecule has 0 atom stereocenters. The van der Waals surface area contributed by atoms with Crippen molar-refractivity contribution in [1.82, 2.24) is 19.2 Å². The number of benzene rings is 2. The first-order valence-corrected chi connectivity index (χ1v) is 9.91. The van der Waals surface area contributed by atoms with Crippen LogP contribution in [0.15, 0.2) is 53.3 Å². The van der Waals surface area contributed by atoms with Crippen LogP contribution in [0.25, 0.3) is 0 Å². The number of aromatic nitrogens is 3. The average molecular weight is 421 g/mol. The van der Waals surface area contributed by atoms with E-state index in [-0.39, 0.29) is 18.3 Å². The topological polar surface area (TPSA) is 98.5 Å². The summed E-state index contributed by atoms with van der Waals surface area (Å²) in [5.74, 6) is -0.205. The van der Waals surface area contributed by atoms with E-state index < -0.39 is 11.6 Å². The normalized spacial score (nSPS) is 13.1. The second-order valence-corrected chi connectivity index (χ2v) is 7.38. The maximum atomic E-state index is 12.9. The molecule has 0 spiro atoms. The van der Waals surface area contributed by atoms with Gasteiger partial charge in [0.2, 0.25) is 11.7 Å². The molecule has 0 bridgehead atoms. The Bertz CT molecular complexity index is 1200. The SMILES string of the molecule is COc1ccccc1NC(=O)Cn1nc2n(c1=O)CCN(Cc1cccc(C)c1)C2=O. The Labute approximate surface area is 178 Å². The molecule has 0 aliphatic carbocycles. The molecule has 3 aromatic rings. The fourth-order valence-electron chi connectivity index (χ4n) is 3.62. The number of aryl methyl sites for hydroxylation is 1. The van der Waals surface area contributed by atoms with Crippen LogP contribution in [0.3, 0.4) is 0 Å². The van der Waals surface area contributed by atoms with E-state index in [1.165, 1.54) is 11.7 Å². The Morgan fingerprint density at radius 3 is 2.71 bits per heavy atom. The predicted octanol–water partition coefficient (Wildman–Crippen LogP) is 1.66. The van der Waals surface area contributed by atoms with Gasteiger partial charge in [0, 0.05) is 19.6 Å². The molecule has 2 aromatic carbocycles. The molecule has 0 fully saturated rings. The summed E-state index contributed by atoms with van der Waals surface area (Å²) >= 11 is 0. The molecule has 0 saturated carbocycles. The van der Waals surface area contributed by atoms with Gasteiger partial charge in [-0.3, -0.25) is 14.2 Å². The van der Waals surface area contributed by atoms with E-state index in [4.69, 9.17) is 4.74 Å². The fourth-order valence-corrected chi connectivity index (χ4v) is 3.62. The molecule has 0 saturated heterocycles. The highest BCUT2D eigenvalue weighted by molar-refractivity contribution is 5.93. The summed E-state index contributed by atoms with van der Waals surface area (Å²) in [6, 6.07) is 14.9. The first-order valence-electron chi connectivity index (χ1n) is 9.91. The molecule has 9 nitrogen and oxygen atoms in total. The van der Waals surface area contributed by atoms with Crippen molar-refractivity contribution in [1.29, 1.82) is 0 Å². The molecule has 1 aromatic heterocycles. The Hall–Kier alpha value is -3.88. The summed E-state index contributed by atoms with van der Waals surface area (Å²) < 4.78 is 7.56. The summed E-state index contributed by atoms with van der Waals surface area (Å²) in [6.45, 7) is 2.87. The van der Waals surface area contributed by atoms with Crippen LogP contribution in [-0.4, -0.2) is 44.7 Å². The van der Waals surface area contributed by atoms with Gasteiger partial charge >= 0.3 is 5.69 Å². The van der Waals surface area contributed by atoms with Crippen LogP contribution < -0.4 is 15.7 Å². The Balaban J connectivity index is 1.49. The van der Waals surface area contributed by atoms with Crippen molar-refractivity contribution in [3.05, 3.63) is 76.0 Å². The number of carbonyl (C=O) groups is 2. The number of methoxy groups -OCH3 is 1. The second-order valence-electron chi connectivity index (χ2n) is 7.38. The van der Waals surface area contributed by atoms with Gasteiger partial charge in [0.1, 0.15) is 12.3 Å². The van der Waals surface area contributed by atoms with Crippen molar-refractivity contribution in [2.45, 2.75) is 26.6 Å². The molecule has 1 N–H and O–H groups in total. The molecule has 2 heterocycles. The third-order valence-corrected chi connectivity index (χ3v) is 5.13.